The van der Waals surface area contributed by atoms with Crippen LogP contribution in [0.3, 0.4) is 0 Å². The molecular weight excluding hydrogens is 234 g/mol. The van der Waals surface area contributed by atoms with E-state index in [-0.39, 0.29) is 11.3 Å². The Balaban J connectivity index is 1.96. The Morgan fingerprint density at radius 3 is 2.76 bits per heavy atom. The number of carbonyl (C=O) groups is 1. The van der Waals surface area contributed by atoms with Gasteiger partial charge in [-0.15, -0.1) is 11.8 Å². The number of hydrogen-bond donors (Lipinski definition) is 1. The van der Waals surface area contributed by atoms with Crippen LogP contribution in [0.25, 0.3) is 0 Å². The zero-order valence-electron chi connectivity index (χ0n) is 10.8. The summed E-state index contributed by atoms with van der Waals surface area (Å²) < 4.78 is 0. The molecule has 1 N–H and O–H groups in total. The van der Waals surface area contributed by atoms with E-state index in [9.17, 15) is 4.79 Å². The molecule has 0 aromatic heterocycles. The fraction of sp³-hybridized carbons (Fsp3) is 0.846. The Hall–Kier alpha value is -0.510. The zero-order valence-corrected chi connectivity index (χ0v) is 11.6. The van der Waals surface area contributed by atoms with E-state index in [1.807, 2.05) is 11.8 Å². The zero-order chi connectivity index (χ0) is 12.6. The van der Waals surface area contributed by atoms with Crippen LogP contribution < -0.4 is 0 Å². The fourth-order valence-corrected chi connectivity index (χ4v) is 4.29. The van der Waals surface area contributed by atoms with E-state index in [1.165, 1.54) is 5.04 Å². The van der Waals surface area contributed by atoms with Gasteiger partial charge in [-0.2, -0.15) is 0 Å². The van der Waals surface area contributed by atoms with Crippen LogP contribution in [-0.4, -0.2) is 27.4 Å². The van der Waals surface area contributed by atoms with Crippen LogP contribution in [0.1, 0.15) is 46.5 Å². The third-order valence-electron chi connectivity index (χ3n) is 3.38. The van der Waals surface area contributed by atoms with Crippen molar-refractivity contribution in [3.05, 3.63) is 0 Å². The predicted molar refractivity (Wildman–Crippen MR) is 71.7 cm³/mol. The number of hydrogen-bond acceptors (Lipinski definition) is 3. The summed E-state index contributed by atoms with van der Waals surface area (Å²) in [6.07, 6.45) is 3.55. The van der Waals surface area contributed by atoms with E-state index in [1.54, 1.807) is 0 Å². The first-order valence-electron chi connectivity index (χ1n) is 6.31. The molecule has 3 unspecified atom stereocenters. The summed E-state index contributed by atoms with van der Waals surface area (Å²) >= 11 is 1.83. The number of nitrogens with zero attached hydrogens (tertiary/aromatic N) is 1. The molecule has 0 aromatic carbocycles. The molecule has 1 heterocycles. The quantitative estimate of drug-likeness (QED) is 0.824. The van der Waals surface area contributed by atoms with Gasteiger partial charge in [-0.3, -0.25) is 9.79 Å². The molecule has 0 spiro atoms. The van der Waals surface area contributed by atoms with Crippen molar-refractivity contribution >= 4 is 22.8 Å². The normalized spacial score (nSPS) is 33.1. The molecular formula is C13H21NO2S. The number of carboxylic acids is 1. The van der Waals surface area contributed by atoms with Crippen LogP contribution in [0.4, 0.5) is 0 Å². The molecule has 3 nitrogen and oxygen atoms in total. The molecule has 0 aromatic rings. The van der Waals surface area contributed by atoms with Gasteiger partial charge in [0.25, 0.3) is 0 Å². The first-order valence-corrected chi connectivity index (χ1v) is 7.19. The van der Waals surface area contributed by atoms with Crippen molar-refractivity contribution in [2.75, 3.05) is 0 Å². The van der Waals surface area contributed by atoms with Crippen molar-refractivity contribution < 1.29 is 9.90 Å². The second-order valence-electron chi connectivity index (χ2n) is 6.33. The van der Waals surface area contributed by atoms with Crippen LogP contribution >= 0.6 is 11.8 Å². The lowest BCUT2D eigenvalue weighted by Gasteiger charge is -2.27. The Morgan fingerprint density at radius 1 is 1.47 bits per heavy atom. The average molecular weight is 255 g/mol. The van der Waals surface area contributed by atoms with Crippen molar-refractivity contribution in [3.8, 4) is 0 Å². The van der Waals surface area contributed by atoms with Gasteiger partial charge >= 0.3 is 5.97 Å². The molecule has 0 bridgehead atoms. The number of rotatable bonds is 2. The minimum Gasteiger partial charge on any atom is -0.481 e. The van der Waals surface area contributed by atoms with E-state index in [0.717, 1.165) is 25.7 Å². The highest BCUT2D eigenvalue weighted by atomic mass is 32.2. The summed E-state index contributed by atoms with van der Waals surface area (Å²) in [7, 11) is 0. The number of aliphatic imine (C=N–C) groups is 1. The van der Waals surface area contributed by atoms with Crippen molar-refractivity contribution in [2.24, 2.45) is 16.3 Å². The summed E-state index contributed by atoms with van der Waals surface area (Å²) in [6, 6.07) is 0.382. The lowest BCUT2D eigenvalue weighted by molar-refractivity contribution is -0.142. The minimum absolute atomic E-state index is 0.145. The predicted octanol–water partition coefficient (Wildman–Crippen LogP) is 3.19. The van der Waals surface area contributed by atoms with Gasteiger partial charge in [-0.05, 0) is 24.7 Å². The Bertz CT molecular complexity index is 346. The van der Waals surface area contributed by atoms with E-state index < -0.39 is 5.97 Å². The summed E-state index contributed by atoms with van der Waals surface area (Å²) in [6.45, 7) is 6.66. The Kier molecular flexibility index (Phi) is 3.53. The van der Waals surface area contributed by atoms with E-state index in [2.05, 4.69) is 20.8 Å². The van der Waals surface area contributed by atoms with E-state index >= 15 is 0 Å². The first-order chi connectivity index (χ1) is 7.85. The SMILES string of the molecule is CC(C)(C)CC1=NC2CCC(C(=O)O)CC2S1. The molecule has 96 valence electrons. The van der Waals surface area contributed by atoms with Gasteiger partial charge in [-0.25, -0.2) is 0 Å². The van der Waals surface area contributed by atoms with Crippen molar-refractivity contribution in [1.82, 2.24) is 0 Å². The summed E-state index contributed by atoms with van der Waals surface area (Å²) in [5.74, 6) is -0.777. The van der Waals surface area contributed by atoms with Crippen LogP contribution in [0.15, 0.2) is 4.99 Å². The molecule has 1 aliphatic carbocycles. The molecule has 0 amide bonds. The summed E-state index contributed by atoms with van der Waals surface area (Å²) in [5, 5.41) is 10.7. The molecule has 17 heavy (non-hydrogen) atoms. The maximum absolute atomic E-state index is 11.0. The molecule has 0 radical (unpaired) electrons. The van der Waals surface area contributed by atoms with Crippen molar-refractivity contribution in [1.29, 1.82) is 0 Å². The molecule has 3 atom stereocenters. The van der Waals surface area contributed by atoms with Crippen LogP contribution in [0.2, 0.25) is 0 Å². The topological polar surface area (TPSA) is 49.7 Å². The molecule has 1 saturated carbocycles. The second-order valence-corrected chi connectivity index (χ2v) is 7.64. The maximum Gasteiger partial charge on any atom is 0.306 e. The van der Waals surface area contributed by atoms with E-state index in [0.29, 0.717) is 11.3 Å². The highest BCUT2D eigenvalue weighted by Crippen LogP contribution is 2.42. The molecule has 4 heteroatoms. The lowest BCUT2D eigenvalue weighted by atomic mass is 9.86. The molecule has 1 fully saturated rings. The number of thioether (sulfide) groups is 1. The fourth-order valence-electron chi connectivity index (χ4n) is 2.54. The Labute approximate surface area is 107 Å². The smallest absolute Gasteiger partial charge is 0.306 e. The van der Waals surface area contributed by atoms with Gasteiger partial charge in [-0.1, -0.05) is 20.8 Å². The van der Waals surface area contributed by atoms with Gasteiger partial charge in [0, 0.05) is 11.7 Å². The van der Waals surface area contributed by atoms with Crippen LogP contribution in [0.5, 0.6) is 0 Å². The standard InChI is InChI=1S/C13H21NO2S/c1-13(2,3)7-11-14-9-5-4-8(12(15)16)6-10(9)17-11/h8-10H,4-7H2,1-3H3,(H,15,16). The molecule has 1 aliphatic heterocycles. The molecule has 0 saturated heterocycles. The highest BCUT2D eigenvalue weighted by molar-refractivity contribution is 8.14. The van der Waals surface area contributed by atoms with Crippen molar-refractivity contribution in [3.63, 3.8) is 0 Å². The largest absolute Gasteiger partial charge is 0.481 e. The number of carboxylic acid groups (broad SMARTS) is 1. The van der Waals surface area contributed by atoms with Crippen molar-refractivity contribution in [2.45, 2.75) is 57.7 Å². The molecule has 2 aliphatic rings. The maximum atomic E-state index is 11.0. The number of fused-ring (bicyclic) bond motifs is 1. The summed E-state index contributed by atoms with van der Waals surface area (Å²) in [5.41, 5.74) is 0.269. The van der Waals surface area contributed by atoms with Crippen LogP contribution in [-0.2, 0) is 4.79 Å². The molecule has 2 rings (SSSR count). The van der Waals surface area contributed by atoms with Gasteiger partial charge in [0.15, 0.2) is 0 Å². The van der Waals surface area contributed by atoms with Gasteiger partial charge in [0.1, 0.15) is 0 Å². The first kappa shape index (κ1) is 12.9. The van der Waals surface area contributed by atoms with Gasteiger partial charge < -0.3 is 5.11 Å². The van der Waals surface area contributed by atoms with Gasteiger partial charge in [0.05, 0.1) is 17.0 Å². The summed E-state index contributed by atoms with van der Waals surface area (Å²) in [4.78, 5) is 15.8. The third-order valence-corrected chi connectivity index (χ3v) is 4.72. The second kappa shape index (κ2) is 4.63. The highest BCUT2D eigenvalue weighted by Gasteiger charge is 2.38. The third kappa shape index (κ3) is 3.24. The van der Waals surface area contributed by atoms with Gasteiger partial charge in [0.2, 0.25) is 0 Å². The Morgan fingerprint density at radius 2 is 2.18 bits per heavy atom. The van der Waals surface area contributed by atoms with E-state index in [4.69, 9.17) is 10.1 Å². The average Bonchev–Trinajstić information content (AvgIpc) is 2.54. The minimum atomic E-state index is -0.631. The van der Waals surface area contributed by atoms with Crippen LogP contribution in [0, 0.1) is 11.3 Å². The number of aliphatic carboxylic acids is 1. The lowest BCUT2D eigenvalue weighted by Crippen LogP contribution is -2.31. The monoisotopic (exact) mass is 255 g/mol.